The average Bonchev–Trinajstić information content (AvgIpc) is 2.61. The van der Waals surface area contributed by atoms with E-state index in [1.807, 2.05) is 49.4 Å². The molecule has 0 aliphatic heterocycles. The summed E-state index contributed by atoms with van der Waals surface area (Å²) in [4.78, 5) is 8.72. The van der Waals surface area contributed by atoms with Crippen LogP contribution in [-0.2, 0) is 19.4 Å². The number of pyridine rings is 2. The number of hydrogen-bond donors (Lipinski definition) is 2. The molecule has 3 aromatic rings. The van der Waals surface area contributed by atoms with Crippen molar-refractivity contribution in [2.24, 2.45) is 5.73 Å². The fourth-order valence-electron chi connectivity index (χ4n) is 2.98. The van der Waals surface area contributed by atoms with Gasteiger partial charge >= 0.3 is 0 Å². The number of benzene rings is 1. The van der Waals surface area contributed by atoms with Crippen molar-refractivity contribution in [1.82, 2.24) is 9.97 Å². The van der Waals surface area contributed by atoms with E-state index in [2.05, 4.69) is 9.97 Å². The van der Waals surface area contributed by atoms with Crippen LogP contribution in [0.15, 0.2) is 54.9 Å². The minimum atomic E-state index is 0.303. The normalized spacial score (nSPS) is 10.8. The van der Waals surface area contributed by atoms with Crippen LogP contribution in [0.3, 0.4) is 0 Å². The van der Waals surface area contributed by atoms with E-state index in [0.29, 0.717) is 25.1 Å². The molecule has 2 aromatic heterocycles. The molecule has 2 heterocycles. The van der Waals surface area contributed by atoms with Crippen LogP contribution in [0.1, 0.15) is 33.6 Å². The van der Waals surface area contributed by atoms with Crippen molar-refractivity contribution in [1.29, 1.82) is 0 Å². The van der Waals surface area contributed by atoms with Crippen LogP contribution in [0, 0.1) is 6.92 Å². The number of aromatic hydroxyl groups is 1. The van der Waals surface area contributed by atoms with E-state index in [1.54, 1.807) is 12.4 Å². The number of aromatic nitrogens is 2. The highest BCUT2D eigenvalue weighted by atomic mass is 16.3. The first-order chi connectivity index (χ1) is 11.7. The predicted molar refractivity (Wildman–Crippen MR) is 94.8 cm³/mol. The molecule has 0 saturated heterocycles. The van der Waals surface area contributed by atoms with Gasteiger partial charge in [0.2, 0.25) is 0 Å². The van der Waals surface area contributed by atoms with Gasteiger partial charge in [-0.05, 0) is 42.3 Å². The lowest BCUT2D eigenvalue weighted by Crippen LogP contribution is -2.08. The van der Waals surface area contributed by atoms with Crippen molar-refractivity contribution in [3.8, 4) is 5.75 Å². The Balaban J connectivity index is 2.02. The zero-order valence-corrected chi connectivity index (χ0v) is 13.7. The molecule has 0 atom stereocenters. The van der Waals surface area contributed by atoms with Crippen LogP contribution in [0.4, 0.5) is 0 Å². The maximum absolute atomic E-state index is 10.8. The summed E-state index contributed by atoms with van der Waals surface area (Å²) in [7, 11) is 0. The summed E-state index contributed by atoms with van der Waals surface area (Å²) >= 11 is 0. The van der Waals surface area contributed by atoms with Crippen LogP contribution >= 0.6 is 0 Å². The van der Waals surface area contributed by atoms with Gasteiger partial charge in [-0.3, -0.25) is 9.97 Å². The number of nitrogens with zero attached hydrogens (tertiary/aromatic N) is 2. The maximum Gasteiger partial charge on any atom is 0.123 e. The Morgan fingerprint density at radius 3 is 2.08 bits per heavy atom. The third kappa shape index (κ3) is 3.44. The molecule has 0 aliphatic rings. The lowest BCUT2D eigenvalue weighted by molar-refractivity contribution is 0.461. The van der Waals surface area contributed by atoms with E-state index in [-0.39, 0.29) is 0 Å². The van der Waals surface area contributed by atoms with Crippen LogP contribution in [0.2, 0.25) is 0 Å². The Bertz CT molecular complexity index is 817. The highest BCUT2D eigenvalue weighted by Crippen LogP contribution is 2.32. The van der Waals surface area contributed by atoms with E-state index in [4.69, 9.17) is 5.73 Å². The summed E-state index contributed by atoms with van der Waals surface area (Å²) in [6.45, 7) is 2.43. The van der Waals surface area contributed by atoms with Gasteiger partial charge in [-0.2, -0.15) is 0 Å². The van der Waals surface area contributed by atoms with Gasteiger partial charge < -0.3 is 10.8 Å². The van der Waals surface area contributed by atoms with Crippen LogP contribution in [0.5, 0.6) is 5.75 Å². The third-order valence-corrected chi connectivity index (χ3v) is 4.21. The largest absolute Gasteiger partial charge is 0.507 e. The molecule has 3 rings (SSSR count). The SMILES string of the molecule is Cc1cc(Cc2ccccn2)c(O)c(Cc2ccccn2)c1CN. The second-order valence-electron chi connectivity index (χ2n) is 5.86. The quantitative estimate of drug-likeness (QED) is 0.758. The minimum absolute atomic E-state index is 0.303. The van der Waals surface area contributed by atoms with Crippen molar-refractivity contribution in [2.45, 2.75) is 26.3 Å². The van der Waals surface area contributed by atoms with Crippen LogP contribution in [0.25, 0.3) is 0 Å². The summed E-state index contributed by atoms with van der Waals surface area (Å²) in [6, 6.07) is 13.6. The number of aryl methyl sites for hydroxylation is 1. The molecule has 122 valence electrons. The molecule has 0 saturated carbocycles. The van der Waals surface area contributed by atoms with Crippen molar-refractivity contribution >= 4 is 0 Å². The number of rotatable bonds is 5. The van der Waals surface area contributed by atoms with Gasteiger partial charge in [-0.1, -0.05) is 18.2 Å². The fraction of sp³-hybridized carbons (Fsp3) is 0.200. The molecule has 24 heavy (non-hydrogen) atoms. The first-order valence-corrected chi connectivity index (χ1v) is 8.02. The molecule has 0 bridgehead atoms. The van der Waals surface area contributed by atoms with Crippen molar-refractivity contribution < 1.29 is 5.11 Å². The number of hydrogen-bond acceptors (Lipinski definition) is 4. The fourth-order valence-corrected chi connectivity index (χ4v) is 2.98. The smallest absolute Gasteiger partial charge is 0.123 e. The molecule has 0 spiro atoms. The van der Waals surface area contributed by atoms with E-state index in [9.17, 15) is 5.11 Å². The molecule has 3 N–H and O–H groups in total. The van der Waals surface area contributed by atoms with Crippen LogP contribution < -0.4 is 5.73 Å². The van der Waals surface area contributed by atoms with Crippen molar-refractivity contribution in [2.75, 3.05) is 0 Å². The van der Waals surface area contributed by atoms with Gasteiger partial charge in [0.1, 0.15) is 5.75 Å². The average molecular weight is 319 g/mol. The molecule has 1 aromatic carbocycles. The van der Waals surface area contributed by atoms with Gasteiger partial charge in [0.05, 0.1) is 0 Å². The first kappa shape index (κ1) is 16.1. The van der Waals surface area contributed by atoms with Gasteiger partial charge in [-0.25, -0.2) is 0 Å². The summed E-state index contributed by atoms with van der Waals surface area (Å²) < 4.78 is 0. The zero-order chi connectivity index (χ0) is 16.9. The van der Waals surface area contributed by atoms with E-state index in [0.717, 1.165) is 33.6 Å². The molecule has 0 unspecified atom stereocenters. The lowest BCUT2D eigenvalue weighted by Gasteiger charge is -2.17. The summed E-state index contributed by atoms with van der Waals surface area (Å²) in [6.07, 6.45) is 4.69. The topological polar surface area (TPSA) is 72.0 Å². The predicted octanol–water partition coefficient (Wildman–Crippen LogP) is 3.13. The lowest BCUT2D eigenvalue weighted by atomic mass is 9.92. The number of nitrogens with two attached hydrogens (primary N) is 1. The van der Waals surface area contributed by atoms with E-state index < -0.39 is 0 Å². The first-order valence-electron chi connectivity index (χ1n) is 8.02. The van der Waals surface area contributed by atoms with Gasteiger partial charge in [0.25, 0.3) is 0 Å². The number of phenolic OH excluding ortho intramolecular Hbond substituents is 1. The minimum Gasteiger partial charge on any atom is -0.507 e. The molecular weight excluding hydrogens is 298 g/mol. The Kier molecular flexibility index (Phi) is 4.87. The van der Waals surface area contributed by atoms with E-state index >= 15 is 0 Å². The zero-order valence-electron chi connectivity index (χ0n) is 13.7. The Hall–Kier alpha value is -2.72. The Labute approximate surface area is 142 Å². The number of phenols is 1. The molecule has 0 radical (unpaired) electrons. The summed E-state index contributed by atoms with van der Waals surface area (Å²) in [5, 5.41) is 10.8. The molecule has 0 fully saturated rings. The van der Waals surface area contributed by atoms with E-state index in [1.165, 1.54) is 0 Å². The molecule has 4 heteroatoms. The second-order valence-corrected chi connectivity index (χ2v) is 5.86. The molecule has 4 nitrogen and oxygen atoms in total. The van der Waals surface area contributed by atoms with Crippen molar-refractivity contribution in [3.63, 3.8) is 0 Å². The highest BCUT2D eigenvalue weighted by molar-refractivity contribution is 5.52. The molecule has 0 aliphatic carbocycles. The monoisotopic (exact) mass is 319 g/mol. The van der Waals surface area contributed by atoms with Gasteiger partial charge in [-0.15, -0.1) is 0 Å². The second kappa shape index (κ2) is 7.23. The summed E-state index contributed by atoms with van der Waals surface area (Å²) in [5.74, 6) is 0.303. The molecule has 0 amide bonds. The van der Waals surface area contributed by atoms with Crippen LogP contribution in [-0.4, -0.2) is 15.1 Å². The summed E-state index contributed by atoms with van der Waals surface area (Å²) in [5.41, 5.74) is 11.6. The highest BCUT2D eigenvalue weighted by Gasteiger charge is 2.16. The standard InChI is InChI=1S/C20H21N3O/c1-14-10-15(11-16-6-2-4-8-22-16)20(24)18(19(14)13-21)12-17-7-3-5-9-23-17/h2-10,24H,11-13,21H2,1H3. The molecular formula is C20H21N3O. The maximum atomic E-state index is 10.8. The Morgan fingerprint density at radius 2 is 1.54 bits per heavy atom. The third-order valence-electron chi connectivity index (χ3n) is 4.21. The van der Waals surface area contributed by atoms with Gasteiger partial charge in [0.15, 0.2) is 0 Å². The Morgan fingerprint density at radius 1 is 0.917 bits per heavy atom. The van der Waals surface area contributed by atoms with Gasteiger partial charge in [0, 0.05) is 54.3 Å². The van der Waals surface area contributed by atoms with Crippen molar-refractivity contribution in [3.05, 3.63) is 88.5 Å².